The number of carbonyl (C=O) groups excluding carboxylic acids is 2. The average molecular weight is 611 g/mol. The Hall–Kier alpha value is -5.38. The van der Waals surface area contributed by atoms with Crippen molar-refractivity contribution in [2.24, 2.45) is 0 Å². The van der Waals surface area contributed by atoms with Gasteiger partial charge in [-0.3, -0.25) is 9.59 Å². The highest BCUT2D eigenvalue weighted by Gasteiger charge is 2.34. The summed E-state index contributed by atoms with van der Waals surface area (Å²) in [5.74, 6) is 2.19. The van der Waals surface area contributed by atoms with Crippen molar-refractivity contribution in [3.8, 4) is 40.2 Å². The van der Waals surface area contributed by atoms with Crippen molar-refractivity contribution in [1.82, 2.24) is 10.2 Å². The first-order valence-corrected chi connectivity index (χ1v) is 14.7. The van der Waals surface area contributed by atoms with Crippen molar-refractivity contribution in [2.45, 2.75) is 18.9 Å². The minimum atomic E-state index is -0.459. The standard InChI is InChI=1S/C35H34N2O8/c1-41-29-11-8-23(18-30(29)42-2)35(40)37-14-12-21-17-32-31(43-3)20-26(21)33(37)22-6-4-7-24(16-22)44-15-5-13-36-34(39)27-19-25(45-32)9-10-28(27)38/h4,6-11,16-20,33,38H,5,12-15H2,1-3H3,(H,36,39). The van der Waals surface area contributed by atoms with Gasteiger partial charge in [-0.25, -0.2) is 0 Å². The van der Waals surface area contributed by atoms with Crippen LogP contribution in [0.5, 0.6) is 40.2 Å². The topological polar surface area (TPSA) is 116 Å². The summed E-state index contributed by atoms with van der Waals surface area (Å²) in [6.45, 7) is 1.13. The van der Waals surface area contributed by atoms with Crippen LogP contribution >= 0.6 is 0 Å². The molecule has 0 aliphatic carbocycles. The number of amides is 2. The molecule has 7 rings (SSSR count). The van der Waals surface area contributed by atoms with E-state index in [9.17, 15) is 14.7 Å². The van der Waals surface area contributed by atoms with Gasteiger partial charge in [0.25, 0.3) is 11.8 Å². The van der Waals surface area contributed by atoms with Crippen molar-refractivity contribution in [3.63, 3.8) is 0 Å². The summed E-state index contributed by atoms with van der Waals surface area (Å²) in [6.07, 6.45) is 1.10. The Morgan fingerprint density at radius 2 is 1.73 bits per heavy atom. The highest BCUT2D eigenvalue weighted by molar-refractivity contribution is 5.97. The molecule has 8 bridgehead atoms. The van der Waals surface area contributed by atoms with Gasteiger partial charge in [0.05, 0.1) is 39.5 Å². The number of rotatable bonds is 4. The molecule has 3 heterocycles. The lowest BCUT2D eigenvalue weighted by Crippen LogP contribution is -2.40. The molecular formula is C35H34N2O8. The maximum atomic E-state index is 14.2. The molecule has 0 radical (unpaired) electrons. The van der Waals surface area contributed by atoms with E-state index in [1.165, 1.54) is 12.1 Å². The van der Waals surface area contributed by atoms with E-state index >= 15 is 0 Å². The summed E-state index contributed by atoms with van der Waals surface area (Å²) in [5.41, 5.74) is 3.32. The third-order valence-electron chi connectivity index (χ3n) is 8.03. The Balaban J connectivity index is 1.47. The van der Waals surface area contributed by atoms with E-state index in [4.69, 9.17) is 23.7 Å². The Bertz CT molecular complexity index is 1750. The molecule has 0 spiro atoms. The molecule has 45 heavy (non-hydrogen) atoms. The molecule has 2 amide bonds. The molecule has 10 heteroatoms. The number of fused-ring (bicyclic) bond motifs is 6. The van der Waals surface area contributed by atoms with Crippen LogP contribution in [0, 0.1) is 0 Å². The minimum absolute atomic E-state index is 0.101. The Morgan fingerprint density at radius 3 is 2.53 bits per heavy atom. The van der Waals surface area contributed by atoms with E-state index in [-0.39, 0.29) is 17.2 Å². The number of phenols is 1. The molecule has 2 N–H and O–H groups in total. The normalized spacial score (nSPS) is 15.9. The number of nitrogens with one attached hydrogen (secondary N) is 1. The third-order valence-corrected chi connectivity index (χ3v) is 8.03. The fourth-order valence-corrected chi connectivity index (χ4v) is 5.80. The summed E-state index contributed by atoms with van der Waals surface area (Å²) in [6, 6.07) is 20.7. The maximum absolute atomic E-state index is 14.2. The van der Waals surface area contributed by atoms with Crippen molar-refractivity contribution < 1.29 is 38.4 Å². The molecule has 0 fully saturated rings. The number of phenolic OH excluding ortho intramolecular Hbond substituents is 1. The van der Waals surface area contributed by atoms with Crippen molar-refractivity contribution in [1.29, 1.82) is 0 Å². The molecule has 232 valence electrons. The monoisotopic (exact) mass is 610 g/mol. The lowest BCUT2D eigenvalue weighted by Gasteiger charge is -2.38. The number of aromatic hydroxyl groups is 1. The zero-order valence-electron chi connectivity index (χ0n) is 25.3. The molecule has 4 aromatic carbocycles. The van der Waals surface area contributed by atoms with E-state index in [0.717, 1.165) is 16.7 Å². The van der Waals surface area contributed by atoms with E-state index in [1.807, 2.05) is 41.3 Å². The van der Waals surface area contributed by atoms with Crippen LogP contribution in [0.4, 0.5) is 0 Å². The first kappa shape index (κ1) is 29.7. The van der Waals surface area contributed by atoms with Gasteiger partial charge in [0.1, 0.15) is 17.2 Å². The van der Waals surface area contributed by atoms with E-state index in [1.54, 1.807) is 45.6 Å². The van der Waals surface area contributed by atoms with Crippen LogP contribution < -0.4 is 29.0 Å². The van der Waals surface area contributed by atoms with Crippen LogP contribution in [0.2, 0.25) is 0 Å². The number of nitrogens with zero attached hydrogens (tertiary/aromatic N) is 1. The molecule has 3 aliphatic rings. The van der Waals surface area contributed by atoms with Gasteiger partial charge < -0.3 is 39.0 Å². The summed E-state index contributed by atoms with van der Waals surface area (Å²) in [7, 11) is 4.65. The predicted octanol–water partition coefficient (Wildman–Crippen LogP) is 5.51. The summed E-state index contributed by atoms with van der Waals surface area (Å²) < 4.78 is 29.0. The van der Waals surface area contributed by atoms with Crippen LogP contribution in [0.1, 0.15) is 49.9 Å². The number of methoxy groups -OCH3 is 3. The zero-order chi connectivity index (χ0) is 31.5. The number of carbonyl (C=O) groups is 2. The fraction of sp³-hybridized carbons (Fsp3) is 0.257. The van der Waals surface area contributed by atoms with Crippen molar-refractivity contribution in [2.75, 3.05) is 41.0 Å². The quantitative estimate of drug-likeness (QED) is 0.311. The van der Waals surface area contributed by atoms with Crippen molar-refractivity contribution in [3.05, 3.63) is 101 Å². The smallest absolute Gasteiger partial charge is 0.255 e. The van der Waals surface area contributed by atoms with Crippen LogP contribution in [0.25, 0.3) is 0 Å². The second-order valence-corrected chi connectivity index (χ2v) is 10.7. The summed E-state index contributed by atoms with van der Waals surface area (Å²) in [5, 5.41) is 13.2. The third kappa shape index (κ3) is 5.91. The molecule has 4 aromatic rings. The summed E-state index contributed by atoms with van der Waals surface area (Å²) in [4.78, 5) is 28.9. The van der Waals surface area contributed by atoms with Crippen LogP contribution in [-0.4, -0.2) is 62.8 Å². The Labute approximate surface area is 261 Å². The number of hydrogen-bond donors (Lipinski definition) is 2. The highest BCUT2D eigenvalue weighted by atomic mass is 16.5. The van der Waals surface area contributed by atoms with Crippen LogP contribution in [-0.2, 0) is 6.42 Å². The SMILES string of the molecule is COc1ccc(C(=O)N2CCc3cc4c(OC)cc3C2c2cccc(c2)OCCCNC(=O)c2cc(ccc2O)O4)cc1OC. The number of benzene rings is 4. The molecule has 3 aliphatic heterocycles. The molecule has 10 nitrogen and oxygen atoms in total. The highest BCUT2D eigenvalue weighted by Crippen LogP contribution is 2.44. The molecule has 1 atom stereocenters. The lowest BCUT2D eigenvalue weighted by atomic mass is 9.87. The largest absolute Gasteiger partial charge is 0.507 e. The van der Waals surface area contributed by atoms with Gasteiger partial charge in [0.15, 0.2) is 23.0 Å². The second kappa shape index (κ2) is 12.7. The molecule has 0 saturated heterocycles. The lowest BCUT2D eigenvalue weighted by molar-refractivity contribution is 0.0693. The average Bonchev–Trinajstić information content (AvgIpc) is 3.07. The van der Waals surface area contributed by atoms with Gasteiger partial charge in [-0.1, -0.05) is 12.1 Å². The van der Waals surface area contributed by atoms with Gasteiger partial charge >= 0.3 is 0 Å². The van der Waals surface area contributed by atoms with Crippen LogP contribution in [0.3, 0.4) is 0 Å². The molecular weight excluding hydrogens is 576 g/mol. The predicted molar refractivity (Wildman–Crippen MR) is 166 cm³/mol. The Morgan fingerprint density at radius 1 is 0.911 bits per heavy atom. The number of hydrogen-bond acceptors (Lipinski definition) is 8. The van der Waals surface area contributed by atoms with Crippen LogP contribution in [0.15, 0.2) is 72.8 Å². The van der Waals surface area contributed by atoms with Gasteiger partial charge in [-0.15, -0.1) is 0 Å². The molecule has 1 unspecified atom stereocenters. The Kier molecular flexibility index (Phi) is 8.37. The van der Waals surface area contributed by atoms with Gasteiger partial charge in [-0.05, 0) is 90.2 Å². The first-order chi connectivity index (χ1) is 21.9. The maximum Gasteiger partial charge on any atom is 0.255 e. The number of ether oxygens (including phenoxy) is 5. The molecule has 0 aromatic heterocycles. The summed E-state index contributed by atoms with van der Waals surface area (Å²) >= 11 is 0. The van der Waals surface area contributed by atoms with Gasteiger partial charge in [-0.2, -0.15) is 0 Å². The molecule has 0 saturated carbocycles. The fourth-order valence-electron chi connectivity index (χ4n) is 5.80. The van der Waals surface area contributed by atoms with E-state index < -0.39 is 11.9 Å². The minimum Gasteiger partial charge on any atom is -0.507 e. The van der Waals surface area contributed by atoms with E-state index in [2.05, 4.69) is 5.32 Å². The van der Waals surface area contributed by atoms with Gasteiger partial charge in [0.2, 0.25) is 0 Å². The van der Waals surface area contributed by atoms with Crippen molar-refractivity contribution >= 4 is 11.8 Å². The van der Waals surface area contributed by atoms with Gasteiger partial charge in [0, 0.05) is 18.7 Å². The zero-order valence-corrected chi connectivity index (χ0v) is 25.3. The van der Waals surface area contributed by atoms with E-state index in [0.29, 0.717) is 72.6 Å². The second-order valence-electron chi connectivity index (χ2n) is 10.7. The first-order valence-electron chi connectivity index (χ1n) is 14.7.